The van der Waals surface area contributed by atoms with Crippen molar-refractivity contribution in [1.82, 2.24) is 14.5 Å². The Morgan fingerprint density at radius 3 is 2.86 bits per heavy atom. The van der Waals surface area contributed by atoms with Gasteiger partial charge in [0.05, 0.1) is 5.75 Å². The maximum Gasteiger partial charge on any atom is 0.313 e. The molecule has 1 N–H and O–H groups in total. The SMILES string of the molecule is CCc1cnc(SCC(=O)O)n1CCN(C)C1CCCC1. The average molecular weight is 311 g/mol. The molecule has 0 radical (unpaired) electrons. The number of imidazole rings is 1. The van der Waals surface area contributed by atoms with E-state index in [4.69, 9.17) is 5.11 Å². The molecule has 1 aliphatic carbocycles. The van der Waals surface area contributed by atoms with Gasteiger partial charge < -0.3 is 14.6 Å². The fourth-order valence-corrected chi connectivity index (χ4v) is 3.68. The Labute approximate surface area is 130 Å². The Morgan fingerprint density at radius 1 is 1.52 bits per heavy atom. The first-order chi connectivity index (χ1) is 10.1. The van der Waals surface area contributed by atoms with Gasteiger partial charge in [0.15, 0.2) is 5.16 Å². The summed E-state index contributed by atoms with van der Waals surface area (Å²) in [4.78, 5) is 17.6. The van der Waals surface area contributed by atoms with Gasteiger partial charge in [0.25, 0.3) is 0 Å². The topological polar surface area (TPSA) is 58.4 Å². The Kier molecular flexibility index (Phi) is 6.11. The third-order valence-corrected chi connectivity index (χ3v) is 5.19. The number of aromatic nitrogens is 2. The second-order valence-corrected chi connectivity index (χ2v) is 6.58. The monoisotopic (exact) mass is 311 g/mol. The second-order valence-electron chi connectivity index (χ2n) is 5.64. The molecule has 0 saturated heterocycles. The van der Waals surface area contributed by atoms with Gasteiger partial charge >= 0.3 is 5.97 Å². The molecule has 1 aromatic rings. The molecule has 0 aromatic carbocycles. The van der Waals surface area contributed by atoms with Crippen LogP contribution >= 0.6 is 11.8 Å². The summed E-state index contributed by atoms with van der Waals surface area (Å²) in [7, 11) is 2.20. The van der Waals surface area contributed by atoms with E-state index in [9.17, 15) is 4.79 Å². The van der Waals surface area contributed by atoms with Crippen molar-refractivity contribution in [1.29, 1.82) is 0 Å². The van der Waals surface area contributed by atoms with Crippen LogP contribution in [-0.4, -0.2) is 50.9 Å². The van der Waals surface area contributed by atoms with Crippen LogP contribution in [0.1, 0.15) is 38.3 Å². The normalized spacial score (nSPS) is 16.0. The molecule has 5 nitrogen and oxygen atoms in total. The highest BCUT2D eigenvalue weighted by atomic mass is 32.2. The van der Waals surface area contributed by atoms with E-state index in [2.05, 4.69) is 28.4 Å². The summed E-state index contributed by atoms with van der Waals surface area (Å²) in [5.74, 6) is -0.728. The van der Waals surface area contributed by atoms with Gasteiger partial charge in [0.1, 0.15) is 0 Å². The third-order valence-electron chi connectivity index (χ3n) is 4.21. The fraction of sp³-hybridized carbons (Fsp3) is 0.733. The van der Waals surface area contributed by atoms with E-state index in [1.165, 1.54) is 43.1 Å². The lowest BCUT2D eigenvalue weighted by Crippen LogP contribution is -2.32. The molecular formula is C15H25N3O2S. The Morgan fingerprint density at radius 2 is 2.24 bits per heavy atom. The maximum atomic E-state index is 10.7. The Hall–Kier alpha value is -1.01. The lowest BCUT2D eigenvalue weighted by atomic mass is 10.2. The molecule has 21 heavy (non-hydrogen) atoms. The summed E-state index contributed by atoms with van der Waals surface area (Å²) >= 11 is 1.31. The number of nitrogens with zero attached hydrogens (tertiary/aromatic N) is 3. The molecule has 1 aliphatic rings. The zero-order valence-electron chi connectivity index (χ0n) is 12.9. The van der Waals surface area contributed by atoms with Crippen LogP contribution in [-0.2, 0) is 17.8 Å². The van der Waals surface area contributed by atoms with Crippen LogP contribution in [0.5, 0.6) is 0 Å². The van der Waals surface area contributed by atoms with Crippen LogP contribution < -0.4 is 0 Å². The van der Waals surface area contributed by atoms with E-state index in [0.29, 0.717) is 6.04 Å². The molecule has 118 valence electrons. The number of carboxylic acid groups (broad SMARTS) is 1. The van der Waals surface area contributed by atoms with Gasteiger partial charge in [0.2, 0.25) is 0 Å². The van der Waals surface area contributed by atoms with Gasteiger partial charge in [-0.3, -0.25) is 4.79 Å². The second kappa shape index (κ2) is 7.84. The van der Waals surface area contributed by atoms with Crippen LogP contribution in [0.25, 0.3) is 0 Å². The molecule has 0 atom stereocenters. The van der Waals surface area contributed by atoms with Crippen molar-refractivity contribution in [3.63, 3.8) is 0 Å². The first-order valence-electron chi connectivity index (χ1n) is 7.71. The van der Waals surface area contributed by atoms with Crippen LogP contribution in [0.15, 0.2) is 11.4 Å². The summed E-state index contributed by atoms with van der Waals surface area (Å²) in [6, 6.07) is 0.716. The van der Waals surface area contributed by atoms with Crippen LogP contribution in [0.3, 0.4) is 0 Å². The standard InChI is InChI=1S/C15H25N3O2S/c1-3-12-10-16-15(21-11-14(19)20)18(12)9-8-17(2)13-6-4-5-7-13/h10,13H,3-9,11H2,1-2H3,(H,19,20). The summed E-state index contributed by atoms with van der Waals surface area (Å²) < 4.78 is 2.18. The minimum absolute atomic E-state index is 0.0681. The first-order valence-corrected chi connectivity index (χ1v) is 8.69. The van der Waals surface area contributed by atoms with Gasteiger partial charge in [-0.1, -0.05) is 31.5 Å². The molecule has 0 amide bonds. The number of aliphatic carboxylic acids is 1. The van der Waals surface area contributed by atoms with Crippen molar-refractivity contribution in [3.8, 4) is 0 Å². The molecule has 0 bridgehead atoms. The largest absolute Gasteiger partial charge is 0.481 e. The molecule has 0 aliphatic heterocycles. The Bertz CT molecular complexity index is 469. The van der Waals surface area contributed by atoms with Crippen molar-refractivity contribution in [2.45, 2.75) is 56.8 Å². The summed E-state index contributed by atoms with van der Waals surface area (Å²) in [5, 5.41) is 9.65. The quantitative estimate of drug-likeness (QED) is 0.748. The van der Waals surface area contributed by atoms with Crippen LogP contribution in [0.2, 0.25) is 0 Å². The molecule has 0 unspecified atom stereocenters. The third kappa shape index (κ3) is 4.48. The Balaban J connectivity index is 1.96. The molecule has 1 aromatic heterocycles. The van der Waals surface area contributed by atoms with E-state index >= 15 is 0 Å². The fourth-order valence-electron chi connectivity index (χ4n) is 2.94. The van der Waals surface area contributed by atoms with Crippen LogP contribution in [0.4, 0.5) is 0 Å². The molecule has 1 fully saturated rings. The number of likely N-dealkylation sites (N-methyl/N-ethyl adjacent to an activating group) is 1. The van der Waals surface area contributed by atoms with Crippen molar-refractivity contribution < 1.29 is 9.90 Å². The van der Waals surface area contributed by atoms with Gasteiger partial charge in [-0.2, -0.15) is 0 Å². The number of carbonyl (C=O) groups is 1. The molecule has 6 heteroatoms. The van der Waals surface area contributed by atoms with Crippen molar-refractivity contribution in [2.24, 2.45) is 0 Å². The minimum Gasteiger partial charge on any atom is -0.481 e. The molecular weight excluding hydrogens is 286 g/mol. The van der Waals surface area contributed by atoms with E-state index in [1.54, 1.807) is 0 Å². The number of aryl methyl sites for hydroxylation is 1. The lowest BCUT2D eigenvalue weighted by molar-refractivity contribution is -0.133. The molecule has 1 saturated carbocycles. The smallest absolute Gasteiger partial charge is 0.313 e. The molecule has 2 rings (SSSR count). The highest BCUT2D eigenvalue weighted by molar-refractivity contribution is 7.99. The van der Waals surface area contributed by atoms with Crippen molar-refractivity contribution >= 4 is 17.7 Å². The number of rotatable bonds is 8. The molecule has 1 heterocycles. The highest BCUT2D eigenvalue weighted by Crippen LogP contribution is 2.23. The highest BCUT2D eigenvalue weighted by Gasteiger charge is 2.20. The van der Waals surface area contributed by atoms with Gasteiger partial charge in [0, 0.05) is 31.0 Å². The van der Waals surface area contributed by atoms with Gasteiger partial charge in [-0.15, -0.1) is 0 Å². The minimum atomic E-state index is -0.796. The number of hydrogen-bond donors (Lipinski definition) is 1. The van der Waals surface area contributed by atoms with E-state index in [0.717, 1.165) is 24.7 Å². The predicted molar refractivity (Wildman–Crippen MR) is 84.9 cm³/mol. The van der Waals surface area contributed by atoms with E-state index in [-0.39, 0.29) is 5.75 Å². The first kappa shape index (κ1) is 16.4. The zero-order valence-corrected chi connectivity index (χ0v) is 13.7. The van der Waals surface area contributed by atoms with E-state index < -0.39 is 5.97 Å². The lowest BCUT2D eigenvalue weighted by Gasteiger charge is -2.24. The zero-order chi connectivity index (χ0) is 15.2. The van der Waals surface area contributed by atoms with E-state index in [1.807, 2.05) is 6.20 Å². The van der Waals surface area contributed by atoms with Crippen molar-refractivity contribution in [3.05, 3.63) is 11.9 Å². The van der Waals surface area contributed by atoms with Gasteiger partial charge in [-0.05, 0) is 26.3 Å². The summed E-state index contributed by atoms with van der Waals surface area (Å²) in [5.41, 5.74) is 1.18. The summed E-state index contributed by atoms with van der Waals surface area (Å²) in [6.07, 6.45) is 8.11. The van der Waals surface area contributed by atoms with Gasteiger partial charge in [-0.25, -0.2) is 4.98 Å². The van der Waals surface area contributed by atoms with Crippen LogP contribution in [0, 0.1) is 0 Å². The number of hydrogen-bond acceptors (Lipinski definition) is 4. The average Bonchev–Trinajstić information content (AvgIpc) is 3.11. The predicted octanol–water partition coefficient (Wildman–Crippen LogP) is 2.50. The van der Waals surface area contributed by atoms with Crippen molar-refractivity contribution in [2.75, 3.05) is 19.3 Å². The summed E-state index contributed by atoms with van der Waals surface area (Å²) in [6.45, 7) is 3.99. The number of thioether (sulfide) groups is 1. The maximum absolute atomic E-state index is 10.7. The number of carboxylic acids is 1. The molecule has 0 spiro atoms.